The number of carbonyl (C=O) groups is 1. The first-order valence-electron chi connectivity index (χ1n) is 10.7. The number of nitrogens with one attached hydrogen (secondary N) is 1. The van der Waals surface area contributed by atoms with Gasteiger partial charge in [-0.05, 0) is 37.3 Å². The zero-order valence-electron chi connectivity index (χ0n) is 18.4. The second kappa shape index (κ2) is 9.47. The van der Waals surface area contributed by atoms with Gasteiger partial charge in [-0.25, -0.2) is 18.9 Å². The number of anilines is 2. The van der Waals surface area contributed by atoms with Crippen molar-refractivity contribution in [2.75, 3.05) is 11.9 Å². The molecule has 0 saturated carbocycles. The van der Waals surface area contributed by atoms with Crippen molar-refractivity contribution < 1.29 is 13.9 Å². The van der Waals surface area contributed by atoms with E-state index in [9.17, 15) is 9.18 Å². The molecule has 0 atom stereocenters. The van der Waals surface area contributed by atoms with Crippen molar-refractivity contribution in [3.8, 4) is 16.9 Å². The Bertz CT molecular complexity index is 1520. The van der Waals surface area contributed by atoms with E-state index in [1.165, 1.54) is 24.4 Å². The predicted molar refractivity (Wildman–Crippen MR) is 131 cm³/mol. The summed E-state index contributed by atoms with van der Waals surface area (Å²) >= 11 is 5.91. The molecule has 8 nitrogen and oxygen atoms in total. The highest BCUT2D eigenvalue weighted by molar-refractivity contribution is 6.31. The molecule has 3 aromatic heterocycles. The van der Waals surface area contributed by atoms with Crippen LogP contribution in [0.2, 0.25) is 5.02 Å². The molecule has 10 heteroatoms. The highest BCUT2D eigenvalue weighted by Crippen LogP contribution is 2.28. The SMILES string of the molecule is CCOC(=O)c1cncc(-c2cnc(Nc3ccc(F)c(Cl)c3)nc2-n2cc3ccccc3n2)c1. The van der Waals surface area contributed by atoms with Gasteiger partial charge in [0.05, 0.1) is 22.7 Å². The molecule has 35 heavy (non-hydrogen) atoms. The van der Waals surface area contributed by atoms with Gasteiger partial charge >= 0.3 is 5.97 Å². The van der Waals surface area contributed by atoms with Crippen LogP contribution >= 0.6 is 11.6 Å². The van der Waals surface area contributed by atoms with E-state index in [1.807, 2.05) is 30.5 Å². The summed E-state index contributed by atoms with van der Waals surface area (Å²) in [6.07, 6.45) is 6.51. The van der Waals surface area contributed by atoms with Crippen molar-refractivity contribution in [1.29, 1.82) is 0 Å². The predicted octanol–water partition coefficient (Wildman–Crippen LogP) is 5.59. The standard InChI is InChI=1S/C25H18ClFN6O2/c1-2-35-24(34)17-9-16(11-28-12-17)19-13-29-25(30-18-7-8-21(27)20(26)10-18)31-23(19)33-14-15-5-3-4-6-22(15)32-33/h3-14H,2H2,1H3,(H,29,30,31). The third kappa shape index (κ3) is 4.67. The van der Waals surface area contributed by atoms with Gasteiger partial charge in [-0.1, -0.05) is 29.8 Å². The van der Waals surface area contributed by atoms with Gasteiger partial charge in [-0.3, -0.25) is 4.98 Å². The first-order chi connectivity index (χ1) is 17.0. The molecule has 0 aliphatic heterocycles. The summed E-state index contributed by atoms with van der Waals surface area (Å²) in [4.78, 5) is 25.5. The number of pyridine rings is 1. The van der Waals surface area contributed by atoms with E-state index in [0.717, 1.165) is 10.9 Å². The average molecular weight is 489 g/mol. The molecule has 0 unspecified atom stereocenters. The Labute approximate surface area is 204 Å². The van der Waals surface area contributed by atoms with Crippen molar-refractivity contribution in [2.45, 2.75) is 6.92 Å². The van der Waals surface area contributed by atoms with Crippen LogP contribution < -0.4 is 5.32 Å². The van der Waals surface area contributed by atoms with Gasteiger partial charge in [0, 0.05) is 47.0 Å². The summed E-state index contributed by atoms with van der Waals surface area (Å²) in [5.74, 6) is -0.290. The Hall–Kier alpha value is -4.37. The highest BCUT2D eigenvalue weighted by Gasteiger charge is 2.16. The van der Waals surface area contributed by atoms with Crippen molar-refractivity contribution in [3.05, 3.63) is 89.7 Å². The third-order valence-corrected chi connectivity index (χ3v) is 5.43. The second-order valence-corrected chi connectivity index (χ2v) is 7.91. The second-order valence-electron chi connectivity index (χ2n) is 7.50. The fourth-order valence-electron chi connectivity index (χ4n) is 3.50. The normalized spacial score (nSPS) is 10.9. The lowest BCUT2D eigenvalue weighted by molar-refractivity contribution is 0.0526. The third-order valence-electron chi connectivity index (χ3n) is 5.14. The topological polar surface area (TPSA) is 94.8 Å². The van der Waals surface area contributed by atoms with Gasteiger partial charge in [0.2, 0.25) is 5.95 Å². The number of nitrogens with zero attached hydrogens (tertiary/aromatic N) is 5. The first kappa shape index (κ1) is 22.4. The molecule has 0 amide bonds. The minimum Gasteiger partial charge on any atom is -0.462 e. The molecule has 5 aromatic rings. The Kier molecular flexibility index (Phi) is 6.07. The van der Waals surface area contributed by atoms with Crippen LogP contribution in [0.25, 0.3) is 27.8 Å². The molecule has 0 bridgehead atoms. The monoisotopic (exact) mass is 488 g/mol. The summed E-state index contributed by atoms with van der Waals surface area (Å²) in [5, 5.41) is 8.59. The fraction of sp³-hybridized carbons (Fsp3) is 0.0800. The molecule has 3 heterocycles. The average Bonchev–Trinajstić information content (AvgIpc) is 3.31. The molecule has 0 fully saturated rings. The van der Waals surface area contributed by atoms with E-state index < -0.39 is 11.8 Å². The van der Waals surface area contributed by atoms with Crippen LogP contribution in [0.4, 0.5) is 16.0 Å². The molecule has 0 radical (unpaired) electrons. The molecule has 2 aromatic carbocycles. The van der Waals surface area contributed by atoms with Crippen molar-refractivity contribution in [3.63, 3.8) is 0 Å². The molecule has 174 valence electrons. The number of hydrogen-bond acceptors (Lipinski definition) is 7. The zero-order valence-corrected chi connectivity index (χ0v) is 19.2. The largest absolute Gasteiger partial charge is 0.462 e. The maximum Gasteiger partial charge on any atom is 0.339 e. The fourth-order valence-corrected chi connectivity index (χ4v) is 3.68. The Morgan fingerprint density at radius 2 is 2.00 bits per heavy atom. The van der Waals surface area contributed by atoms with Crippen LogP contribution in [0.1, 0.15) is 17.3 Å². The van der Waals surface area contributed by atoms with Crippen molar-refractivity contribution in [2.24, 2.45) is 0 Å². The van der Waals surface area contributed by atoms with Gasteiger partial charge in [-0.2, -0.15) is 10.1 Å². The minimum absolute atomic E-state index is 0.0213. The number of rotatable bonds is 6. The molecule has 0 aliphatic carbocycles. The quantitative estimate of drug-likeness (QED) is 0.311. The van der Waals surface area contributed by atoms with Crippen LogP contribution in [0.3, 0.4) is 0 Å². The number of carbonyl (C=O) groups excluding carboxylic acids is 1. The van der Waals surface area contributed by atoms with Crippen molar-refractivity contribution >= 4 is 40.1 Å². The summed E-state index contributed by atoms with van der Waals surface area (Å²) < 4.78 is 20.3. The van der Waals surface area contributed by atoms with Crippen LogP contribution in [-0.4, -0.2) is 37.3 Å². The molecular weight excluding hydrogens is 471 g/mol. The van der Waals surface area contributed by atoms with E-state index in [2.05, 4.69) is 25.4 Å². The maximum atomic E-state index is 13.6. The summed E-state index contributed by atoms with van der Waals surface area (Å²) in [5.41, 5.74) is 2.83. The van der Waals surface area contributed by atoms with Crippen LogP contribution in [0.15, 0.2) is 73.3 Å². The number of fused-ring (bicyclic) bond motifs is 1. The van der Waals surface area contributed by atoms with E-state index in [4.69, 9.17) is 16.3 Å². The molecular formula is C25H18ClFN6O2. The number of ether oxygens (including phenoxy) is 1. The van der Waals surface area contributed by atoms with Gasteiger partial charge in [-0.15, -0.1) is 0 Å². The van der Waals surface area contributed by atoms with Gasteiger partial charge in [0.1, 0.15) is 5.82 Å². The Balaban J connectivity index is 1.62. The van der Waals surface area contributed by atoms with E-state index in [0.29, 0.717) is 28.2 Å². The van der Waals surface area contributed by atoms with Gasteiger partial charge < -0.3 is 10.1 Å². The lowest BCUT2D eigenvalue weighted by Crippen LogP contribution is -2.08. The lowest BCUT2D eigenvalue weighted by Gasteiger charge is -2.12. The van der Waals surface area contributed by atoms with Crippen LogP contribution in [0, 0.1) is 5.82 Å². The van der Waals surface area contributed by atoms with Crippen LogP contribution in [-0.2, 0) is 4.74 Å². The summed E-state index contributed by atoms with van der Waals surface area (Å²) in [6, 6.07) is 13.6. The molecule has 0 saturated heterocycles. The number of esters is 1. The smallest absolute Gasteiger partial charge is 0.339 e. The number of hydrogen-bond donors (Lipinski definition) is 1. The molecule has 1 N–H and O–H groups in total. The molecule has 0 spiro atoms. The van der Waals surface area contributed by atoms with Gasteiger partial charge in [0.25, 0.3) is 0 Å². The molecule has 0 aliphatic rings. The van der Waals surface area contributed by atoms with Crippen molar-refractivity contribution in [1.82, 2.24) is 24.7 Å². The zero-order chi connectivity index (χ0) is 24.4. The van der Waals surface area contributed by atoms with Gasteiger partial charge in [0.15, 0.2) is 5.82 Å². The number of aromatic nitrogens is 5. The number of benzene rings is 2. The first-order valence-corrected chi connectivity index (χ1v) is 11.1. The Morgan fingerprint density at radius 1 is 1.14 bits per heavy atom. The summed E-state index contributed by atoms with van der Waals surface area (Å²) in [7, 11) is 0. The van der Waals surface area contributed by atoms with E-state index in [-0.39, 0.29) is 17.6 Å². The minimum atomic E-state index is -0.522. The number of halogens is 2. The highest BCUT2D eigenvalue weighted by atomic mass is 35.5. The summed E-state index contributed by atoms with van der Waals surface area (Å²) in [6.45, 7) is 1.99. The Morgan fingerprint density at radius 3 is 2.80 bits per heavy atom. The van der Waals surface area contributed by atoms with E-state index in [1.54, 1.807) is 30.1 Å². The van der Waals surface area contributed by atoms with E-state index >= 15 is 0 Å². The maximum absolute atomic E-state index is 13.6. The lowest BCUT2D eigenvalue weighted by atomic mass is 10.1. The van der Waals surface area contributed by atoms with Crippen LogP contribution in [0.5, 0.6) is 0 Å². The molecule has 5 rings (SSSR count).